The summed E-state index contributed by atoms with van der Waals surface area (Å²) in [6.45, 7) is 0. The zero-order chi connectivity index (χ0) is 15.0. The van der Waals surface area contributed by atoms with Crippen molar-refractivity contribution in [3.05, 3.63) is 40.9 Å². The molecule has 1 aromatic heterocycles. The first-order chi connectivity index (χ1) is 9.97. The van der Waals surface area contributed by atoms with Crippen LogP contribution in [0, 0.1) is 5.92 Å². The number of amides is 1. The summed E-state index contributed by atoms with van der Waals surface area (Å²) >= 11 is 1.17. The molecule has 2 atom stereocenters. The van der Waals surface area contributed by atoms with E-state index in [0.717, 1.165) is 6.07 Å². The van der Waals surface area contributed by atoms with Crippen molar-refractivity contribution >= 4 is 22.4 Å². The van der Waals surface area contributed by atoms with Crippen LogP contribution in [0.3, 0.4) is 0 Å². The highest BCUT2D eigenvalue weighted by atomic mass is 32.1. The van der Waals surface area contributed by atoms with Crippen LogP contribution in [0.25, 0.3) is 0 Å². The summed E-state index contributed by atoms with van der Waals surface area (Å²) in [7, 11) is 0. The molecule has 1 N–H and O–H groups in total. The van der Waals surface area contributed by atoms with Crippen molar-refractivity contribution < 1.29 is 18.0 Å². The van der Waals surface area contributed by atoms with Crippen LogP contribution < -0.4 is 5.32 Å². The minimum atomic E-state index is -4.40. The number of halogens is 3. The summed E-state index contributed by atoms with van der Waals surface area (Å²) in [6, 6.07) is 5.40. The summed E-state index contributed by atoms with van der Waals surface area (Å²) < 4.78 is 38.9. The summed E-state index contributed by atoms with van der Waals surface area (Å²) in [4.78, 5) is 12.0. The van der Waals surface area contributed by atoms with E-state index in [0.29, 0.717) is 11.6 Å². The summed E-state index contributed by atoms with van der Waals surface area (Å²) in [6.07, 6.45) is -3.99. The molecule has 0 saturated heterocycles. The van der Waals surface area contributed by atoms with Gasteiger partial charge < -0.3 is 5.32 Å². The zero-order valence-electron chi connectivity index (χ0n) is 10.6. The van der Waals surface area contributed by atoms with Crippen molar-refractivity contribution in [2.45, 2.75) is 18.5 Å². The van der Waals surface area contributed by atoms with Crippen LogP contribution in [0.1, 0.15) is 23.5 Å². The first-order valence-electron chi connectivity index (χ1n) is 6.20. The Morgan fingerprint density at radius 2 is 2.10 bits per heavy atom. The van der Waals surface area contributed by atoms with E-state index in [1.165, 1.54) is 29.0 Å². The standard InChI is InChI=1S/C13H10F3N3OS/c14-13(15,16)10-4-2-1-3-7(10)8-5-9(8)11(20)18-12-19-17-6-21-12/h1-4,6,8-9H,5H2,(H,18,19,20)/t8-,9-/m1/s1. The Kier molecular flexibility index (Phi) is 3.40. The van der Waals surface area contributed by atoms with Crippen molar-refractivity contribution in [2.24, 2.45) is 5.92 Å². The van der Waals surface area contributed by atoms with E-state index in [-0.39, 0.29) is 11.5 Å². The molecule has 0 aliphatic heterocycles. The Bertz CT molecular complexity index is 657. The molecular formula is C13H10F3N3OS. The van der Waals surface area contributed by atoms with Gasteiger partial charge in [0.2, 0.25) is 11.0 Å². The van der Waals surface area contributed by atoms with Gasteiger partial charge in [-0.3, -0.25) is 4.79 Å². The predicted octanol–water partition coefficient (Wildman–Crippen LogP) is 3.30. The van der Waals surface area contributed by atoms with Gasteiger partial charge in [0, 0.05) is 5.92 Å². The van der Waals surface area contributed by atoms with E-state index in [9.17, 15) is 18.0 Å². The number of carbonyl (C=O) groups excluding carboxylic acids is 1. The first-order valence-corrected chi connectivity index (χ1v) is 7.08. The molecule has 8 heteroatoms. The Morgan fingerprint density at radius 3 is 2.76 bits per heavy atom. The number of nitrogens with one attached hydrogen (secondary N) is 1. The smallest absolute Gasteiger partial charge is 0.300 e. The molecule has 1 aliphatic rings. The van der Waals surface area contributed by atoms with Crippen molar-refractivity contribution in [3.8, 4) is 0 Å². The molecule has 3 rings (SSSR count). The van der Waals surface area contributed by atoms with Gasteiger partial charge in [-0.25, -0.2) is 0 Å². The van der Waals surface area contributed by atoms with Gasteiger partial charge in [0.1, 0.15) is 5.51 Å². The summed E-state index contributed by atoms with van der Waals surface area (Å²) in [5.41, 5.74) is 0.988. The van der Waals surface area contributed by atoms with Gasteiger partial charge in [0.05, 0.1) is 5.56 Å². The molecule has 1 fully saturated rings. The molecule has 1 heterocycles. The molecule has 21 heavy (non-hydrogen) atoms. The van der Waals surface area contributed by atoms with Crippen molar-refractivity contribution in [1.29, 1.82) is 0 Å². The number of carbonyl (C=O) groups is 1. The maximum Gasteiger partial charge on any atom is 0.416 e. The molecule has 0 spiro atoms. The Balaban J connectivity index is 1.75. The lowest BCUT2D eigenvalue weighted by Gasteiger charge is -2.12. The third-order valence-corrected chi connectivity index (χ3v) is 3.99. The second-order valence-corrected chi connectivity index (χ2v) is 5.60. The van der Waals surface area contributed by atoms with E-state index in [1.54, 1.807) is 6.07 Å². The van der Waals surface area contributed by atoms with Crippen LogP contribution in [-0.2, 0) is 11.0 Å². The number of hydrogen-bond acceptors (Lipinski definition) is 4. The zero-order valence-corrected chi connectivity index (χ0v) is 11.4. The second-order valence-electron chi connectivity index (χ2n) is 4.77. The Morgan fingerprint density at radius 1 is 1.33 bits per heavy atom. The van der Waals surface area contributed by atoms with Gasteiger partial charge in [0.25, 0.3) is 0 Å². The monoisotopic (exact) mass is 313 g/mol. The molecule has 1 aliphatic carbocycles. The van der Waals surface area contributed by atoms with Crippen LogP contribution in [0.4, 0.5) is 18.3 Å². The van der Waals surface area contributed by atoms with Gasteiger partial charge in [-0.05, 0) is 24.0 Å². The average Bonchev–Trinajstić information content (AvgIpc) is 3.08. The van der Waals surface area contributed by atoms with Crippen molar-refractivity contribution in [1.82, 2.24) is 10.2 Å². The van der Waals surface area contributed by atoms with Gasteiger partial charge in [-0.15, -0.1) is 10.2 Å². The maximum absolute atomic E-state index is 13.0. The molecule has 2 aromatic rings. The van der Waals surface area contributed by atoms with Crippen LogP contribution in [0.15, 0.2) is 29.8 Å². The van der Waals surface area contributed by atoms with E-state index in [1.807, 2.05) is 0 Å². The molecule has 0 unspecified atom stereocenters. The third-order valence-electron chi connectivity index (χ3n) is 3.38. The topological polar surface area (TPSA) is 54.9 Å². The normalized spacial score (nSPS) is 21.1. The number of benzene rings is 1. The number of aromatic nitrogens is 2. The van der Waals surface area contributed by atoms with Crippen LogP contribution in [0.2, 0.25) is 0 Å². The Hall–Kier alpha value is -1.96. The molecule has 1 amide bonds. The number of nitrogens with zero attached hydrogens (tertiary/aromatic N) is 2. The molecule has 1 aromatic carbocycles. The minimum Gasteiger partial charge on any atom is -0.300 e. The van der Waals surface area contributed by atoms with Crippen LogP contribution in [-0.4, -0.2) is 16.1 Å². The molecule has 110 valence electrons. The van der Waals surface area contributed by atoms with Crippen LogP contribution in [0.5, 0.6) is 0 Å². The van der Waals surface area contributed by atoms with Crippen molar-refractivity contribution in [2.75, 3.05) is 5.32 Å². The second kappa shape index (κ2) is 5.10. The van der Waals surface area contributed by atoms with Crippen LogP contribution >= 0.6 is 11.3 Å². The number of anilines is 1. The van der Waals surface area contributed by atoms with Gasteiger partial charge >= 0.3 is 6.18 Å². The molecule has 1 saturated carbocycles. The summed E-state index contributed by atoms with van der Waals surface area (Å²) in [5.74, 6) is -1.15. The first kappa shape index (κ1) is 14.0. The molecule has 0 bridgehead atoms. The quantitative estimate of drug-likeness (QED) is 0.946. The minimum absolute atomic E-state index is 0.183. The van der Waals surface area contributed by atoms with Crippen molar-refractivity contribution in [3.63, 3.8) is 0 Å². The fourth-order valence-corrected chi connectivity index (χ4v) is 2.78. The van der Waals surface area contributed by atoms with E-state index in [4.69, 9.17) is 0 Å². The van der Waals surface area contributed by atoms with Gasteiger partial charge in [-0.1, -0.05) is 29.5 Å². The van der Waals surface area contributed by atoms with Gasteiger partial charge in [0.15, 0.2) is 0 Å². The lowest BCUT2D eigenvalue weighted by Crippen LogP contribution is -2.15. The lowest BCUT2D eigenvalue weighted by atomic mass is 10.0. The number of rotatable bonds is 3. The summed E-state index contributed by atoms with van der Waals surface area (Å²) in [5, 5.41) is 10.2. The third kappa shape index (κ3) is 2.90. The molecule has 4 nitrogen and oxygen atoms in total. The van der Waals surface area contributed by atoms with E-state index >= 15 is 0 Å². The predicted molar refractivity (Wildman–Crippen MR) is 70.8 cm³/mol. The fourth-order valence-electron chi connectivity index (χ4n) is 2.33. The Labute approximate surface area is 122 Å². The number of hydrogen-bond donors (Lipinski definition) is 1. The maximum atomic E-state index is 13.0. The molecular weight excluding hydrogens is 303 g/mol. The lowest BCUT2D eigenvalue weighted by molar-refractivity contribution is -0.138. The highest BCUT2D eigenvalue weighted by molar-refractivity contribution is 7.13. The highest BCUT2D eigenvalue weighted by Crippen LogP contribution is 2.51. The van der Waals surface area contributed by atoms with Gasteiger partial charge in [-0.2, -0.15) is 13.2 Å². The fraction of sp³-hybridized carbons (Fsp3) is 0.308. The average molecular weight is 313 g/mol. The van der Waals surface area contributed by atoms with E-state index < -0.39 is 23.6 Å². The van der Waals surface area contributed by atoms with E-state index in [2.05, 4.69) is 15.5 Å². The number of alkyl halides is 3. The highest BCUT2D eigenvalue weighted by Gasteiger charge is 2.47. The SMILES string of the molecule is O=C(Nc1nncs1)[C@@H]1C[C@@H]1c1ccccc1C(F)(F)F. The largest absolute Gasteiger partial charge is 0.416 e. The molecule has 0 radical (unpaired) electrons.